The van der Waals surface area contributed by atoms with Gasteiger partial charge in [0.2, 0.25) is 0 Å². The second kappa shape index (κ2) is 12.0. The normalized spacial score (nSPS) is 10.8. The van der Waals surface area contributed by atoms with E-state index in [-0.39, 0.29) is 0 Å². The molecule has 18 heavy (non-hydrogen) atoms. The fraction of sp³-hybridized carbons (Fsp3) is 0.538. The zero-order valence-electron chi connectivity index (χ0n) is 12.0. The zero-order chi connectivity index (χ0) is 14.6. The van der Waals surface area contributed by atoms with Crippen LogP contribution in [-0.4, -0.2) is 22.5 Å². The van der Waals surface area contributed by atoms with E-state index >= 15 is 0 Å². The van der Waals surface area contributed by atoms with E-state index in [1.54, 1.807) is 19.2 Å². The average molecular weight is 259 g/mol. The maximum atomic E-state index is 12.2. The minimum absolute atomic E-state index is 0.589. The lowest BCUT2D eigenvalue weighted by Crippen LogP contribution is -1.98. The summed E-state index contributed by atoms with van der Waals surface area (Å²) in [4.78, 5) is 3.95. The molecule has 0 unspecified atom stereocenters. The molecule has 0 saturated carbocycles. The SMILES string of the molecule is C/C=C\C(=NC)c1cnn(C(F)F)c1.CC.CC. The van der Waals surface area contributed by atoms with Gasteiger partial charge in [0.05, 0.1) is 11.9 Å². The van der Waals surface area contributed by atoms with Crippen molar-refractivity contribution >= 4 is 5.71 Å². The molecule has 0 spiro atoms. The Morgan fingerprint density at radius 1 is 1.33 bits per heavy atom. The van der Waals surface area contributed by atoms with E-state index in [2.05, 4.69) is 10.1 Å². The van der Waals surface area contributed by atoms with Crippen molar-refractivity contribution in [1.29, 1.82) is 0 Å². The van der Waals surface area contributed by atoms with Crippen LogP contribution in [0, 0.1) is 0 Å². The van der Waals surface area contributed by atoms with Crippen LogP contribution < -0.4 is 0 Å². The van der Waals surface area contributed by atoms with E-state index in [1.165, 1.54) is 12.4 Å². The highest BCUT2D eigenvalue weighted by atomic mass is 19.3. The van der Waals surface area contributed by atoms with Gasteiger partial charge in [0, 0.05) is 18.8 Å². The van der Waals surface area contributed by atoms with Crippen LogP contribution in [0.1, 0.15) is 46.7 Å². The van der Waals surface area contributed by atoms with Crippen LogP contribution in [0.3, 0.4) is 0 Å². The number of rotatable bonds is 3. The summed E-state index contributed by atoms with van der Waals surface area (Å²) < 4.78 is 25.0. The average Bonchev–Trinajstić information content (AvgIpc) is 2.90. The van der Waals surface area contributed by atoms with Gasteiger partial charge in [0.25, 0.3) is 0 Å². The van der Waals surface area contributed by atoms with E-state index in [4.69, 9.17) is 0 Å². The van der Waals surface area contributed by atoms with Crippen molar-refractivity contribution < 1.29 is 8.78 Å². The predicted molar refractivity (Wildman–Crippen MR) is 73.5 cm³/mol. The van der Waals surface area contributed by atoms with E-state index in [9.17, 15) is 8.78 Å². The molecule has 0 aliphatic heterocycles. The van der Waals surface area contributed by atoms with Gasteiger partial charge in [0.1, 0.15) is 0 Å². The maximum absolute atomic E-state index is 12.2. The van der Waals surface area contributed by atoms with Crippen LogP contribution in [0.25, 0.3) is 0 Å². The summed E-state index contributed by atoms with van der Waals surface area (Å²) in [6.07, 6.45) is 6.18. The molecule has 0 aliphatic rings. The number of aliphatic imine (C=N–C) groups is 1. The van der Waals surface area contributed by atoms with Crippen LogP contribution in [-0.2, 0) is 0 Å². The highest BCUT2D eigenvalue weighted by molar-refractivity contribution is 6.08. The van der Waals surface area contributed by atoms with E-state index in [0.29, 0.717) is 16.0 Å². The number of allylic oxidation sites excluding steroid dienone is 2. The Balaban J connectivity index is 0. The van der Waals surface area contributed by atoms with E-state index < -0.39 is 6.55 Å². The summed E-state index contributed by atoms with van der Waals surface area (Å²) in [6, 6.07) is 0. The number of nitrogens with zero attached hydrogens (tertiary/aromatic N) is 3. The molecule has 1 heterocycles. The van der Waals surface area contributed by atoms with Crippen LogP contribution in [0.15, 0.2) is 29.5 Å². The molecule has 0 N–H and O–H groups in total. The van der Waals surface area contributed by atoms with Crippen LogP contribution in [0.5, 0.6) is 0 Å². The zero-order valence-corrected chi connectivity index (χ0v) is 12.0. The highest BCUT2D eigenvalue weighted by Crippen LogP contribution is 2.10. The Morgan fingerprint density at radius 3 is 2.22 bits per heavy atom. The van der Waals surface area contributed by atoms with Gasteiger partial charge in [-0.2, -0.15) is 13.9 Å². The fourth-order valence-corrected chi connectivity index (χ4v) is 1.03. The Morgan fingerprint density at radius 2 is 1.89 bits per heavy atom. The third-order valence-corrected chi connectivity index (χ3v) is 1.66. The van der Waals surface area contributed by atoms with Gasteiger partial charge in [-0.3, -0.25) is 4.99 Å². The summed E-state index contributed by atoms with van der Waals surface area (Å²) in [5.74, 6) is 0. The Hall–Kier alpha value is -1.52. The van der Waals surface area contributed by atoms with Gasteiger partial charge >= 0.3 is 6.55 Å². The molecule has 1 aromatic heterocycles. The van der Waals surface area contributed by atoms with Crippen molar-refractivity contribution in [1.82, 2.24) is 9.78 Å². The summed E-state index contributed by atoms with van der Waals surface area (Å²) in [5.41, 5.74) is 1.23. The van der Waals surface area contributed by atoms with Crippen LogP contribution in [0.4, 0.5) is 8.78 Å². The molecule has 1 aromatic rings. The second-order valence-corrected chi connectivity index (χ2v) is 2.60. The molecule has 0 aliphatic carbocycles. The number of halogens is 2. The smallest absolute Gasteiger partial charge is 0.288 e. The molecule has 0 aromatic carbocycles. The number of hydrogen-bond donors (Lipinski definition) is 0. The monoisotopic (exact) mass is 259 g/mol. The van der Waals surface area contributed by atoms with Gasteiger partial charge in [-0.25, -0.2) is 4.68 Å². The largest absolute Gasteiger partial charge is 0.333 e. The summed E-state index contributed by atoms with van der Waals surface area (Å²) in [7, 11) is 1.61. The van der Waals surface area contributed by atoms with Crippen LogP contribution >= 0.6 is 0 Å². The molecule has 0 amide bonds. The van der Waals surface area contributed by atoms with Crippen molar-refractivity contribution in [3.05, 3.63) is 30.1 Å². The lowest BCUT2D eigenvalue weighted by molar-refractivity contribution is 0.0566. The van der Waals surface area contributed by atoms with Crippen molar-refractivity contribution in [2.45, 2.75) is 41.2 Å². The van der Waals surface area contributed by atoms with Crippen LogP contribution in [0.2, 0.25) is 0 Å². The fourth-order valence-electron chi connectivity index (χ4n) is 1.03. The minimum atomic E-state index is -2.60. The first-order valence-electron chi connectivity index (χ1n) is 6.11. The Bertz CT molecular complexity index is 355. The first-order chi connectivity index (χ1) is 8.69. The quantitative estimate of drug-likeness (QED) is 0.743. The van der Waals surface area contributed by atoms with Gasteiger partial charge in [-0.15, -0.1) is 0 Å². The first-order valence-corrected chi connectivity index (χ1v) is 6.11. The van der Waals surface area contributed by atoms with E-state index in [1.807, 2.05) is 34.6 Å². The standard InChI is InChI=1S/C9H11F2N3.2C2H6/c1-3-4-8(12-2)7-5-13-14(6-7)9(10)11;2*1-2/h3-6,9H,1-2H3;2*1-2H3/b4-3-,12-8?;;. The summed E-state index contributed by atoms with van der Waals surface area (Å²) in [6.45, 7) is 7.23. The third kappa shape index (κ3) is 6.27. The molecule has 1 rings (SSSR count). The lowest BCUT2D eigenvalue weighted by atomic mass is 10.2. The van der Waals surface area contributed by atoms with Crippen molar-refractivity contribution in [2.24, 2.45) is 4.99 Å². The Labute approximate surface area is 108 Å². The Kier molecular flexibility index (Phi) is 12.5. The molecular formula is C13H23F2N3. The molecule has 0 bridgehead atoms. The third-order valence-electron chi connectivity index (χ3n) is 1.66. The molecule has 0 atom stereocenters. The van der Waals surface area contributed by atoms with E-state index in [0.717, 1.165) is 0 Å². The van der Waals surface area contributed by atoms with Crippen molar-refractivity contribution in [3.8, 4) is 0 Å². The number of alkyl halides is 2. The topological polar surface area (TPSA) is 30.2 Å². The molecule has 0 fully saturated rings. The number of hydrogen-bond acceptors (Lipinski definition) is 2. The second-order valence-electron chi connectivity index (χ2n) is 2.60. The van der Waals surface area contributed by atoms with Gasteiger partial charge in [-0.05, 0) is 13.0 Å². The first kappa shape index (κ1) is 18.8. The number of aromatic nitrogens is 2. The summed E-state index contributed by atoms with van der Waals surface area (Å²) >= 11 is 0. The molecule has 0 saturated heterocycles. The lowest BCUT2D eigenvalue weighted by Gasteiger charge is -1.96. The molecule has 5 heteroatoms. The van der Waals surface area contributed by atoms with Crippen molar-refractivity contribution in [2.75, 3.05) is 7.05 Å². The maximum Gasteiger partial charge on any atom is 0.333 e. The van der Waals surface area contributed by atoms with Gasteiger partial charge < -0.3 is 0 Å². The highest BCUT2D eigenvalue weighted by Gasteiger charge is 2.08. The molecule has 3 nitrogen and oxygen atoms in total. The van der Waals surface area contributed by atoms with Gasteiger partial charge in [-0.1, -0.05) is 33.8 Å². The predicted octanol–water partition coefficient (Wildman–Crippen LogP) is 4.33. The molecular weight excluding hydrogens is 236 g/mol. The molecule has 0 radical (unpaired) electrons. The minimum Gasteiger partial charge on any atom is -0.288 e. The molecule has 104 valence electrons. The summed E-state index contributed by atoms with van der Waals surface area (Å²) in [5, 5.41) is 3.52. The van der Waals surface area contributed by atoms with Gasteiger partial charge in [0.15, 0.2) is 0 Å². The van der Waals surface area contributed by atoms with Crippen molar-refractivity contribution in [3.63, 3.8) is 0 Å².